The van der Waals surface area contributed by atoms with Crippen molar-refractivity contribution in [3.8, 4) is 5.75 Å². The third-order valence-electron chi connectivity index (χ3n) is 4.88. The van der Waals surface area contributed by atoms with Crippen LogP contribution in [0.1, 0.15) is 44.8 Å². The molecule has 0 aliphatic heterocycles. The Bertz CT molecular complexity index is 1050. The highest BCUT2D eigenvalue weighted by Crippen LogP contribution is 2.27. The van der Waals surface area contributed by atoms with Crippen LogP contribution in [0.4, 0.5) is 19.3 Å². The summed E-state index contributed by atoms with van der Waals surface area (Å²) in [5, 5.41) is 11.2. The molecule has 7 nitrogen and oxygen atoms in total. The van der Waals surface area contributed by atoms with E-state index < -0.39 is 29.8 Å². The lowest BCUT2D eigenvalue weighted by Gasteiger charge is -2.19. The molecule has 0 aliphatic carbocycles. The first kappa shape index (κ1) is 28.5. The fourth-order valence-electron chi connectivity index (χ4n) is 3.20. The van der Waals surface area contributed by atoms with Gasteiger partial charge in [-0.15, -0.1) is 0 Å². The molecule has 1 atom stereocenters. The van der Waals surface area contributed by atoms with Gasteiger partial charge in [-0.25, -0.2) is 18.4 Å². The Morgan fingerprint density at radius 3 is 2.56 bits per heavy atom. The molecule has 2 aromatic carbocycles. The summed E-state index contributed by atoms with van der Waals surface area (Å²) in [6.07, 6.45) is 5.35. The van der Waals surface area contributed by atoms with Crippen molar-refractivity contribution in [3.63, 3.8) is 0 Å². The molecule has 1 amide bonds. The Hall–Kier alpha value is -3.72. The molecule has 0 aliphatic rings. The molecule has 0 heterocycles. The number of halogens is 2. The minimum absolute atomic E-state index is 0.116. The third-order valence-corrected chi connectivity index (χ3v) is 4.88. The maximum Gasteiger partial charge on any atom is 0.412 e. The van der Waals surface area contributed by atoms with E-state index in [-0.39, 0.29) is 18.9 Å². The van der Waals surface area contributed by atoms with Gasteiger partial charge in [0.1, 0.15) is 30.1 Å². The van der Waals surface area contributed by atoms with Crippen LogP contribution in [-0.4, -0.2) is 37.0 Å². The van der Waals surface area contributed by atoms with Crippen LogP contribution in [0.25, 0.3) is 0 Å². The van der Waals surface area contributed by atoms with Gasteiger partial charge in [-0.05, 0) is 68.5 Å². The first-order valence-corrected chi connectivity index (χ1v) is 11.6. The second-order valence-corrected chi connectivity index (χ2v) is 7.76. The van der Waals surface area contributed by atoms with E-state index >= 15 is 0 Å². The minimum Gasteiger partial charge on any atom is -0.491 e. The zero-order valence-corrected chi connectivity index (χ0v) is 20.3. The summed E-state index contributed by atoms with van der Waals surface area (Å²) >= 11 is 0. The van der Waals surface area contributed by atoms with Crippen LogP contribution in [0.5, 0.6) is 5.75 Å². The number of unbranched alkanes of at least 4 members (excludes halogenated alkanes) is 1. The zero-order chi connectivity index (χ0) is 26.3. The lowest BCUT2D eigenvalue weighted by atomic mass is 10.0. The Morgan fingerprint density at radius 2 is 1.89 bits per heavy atom. The predicted molar refractivity (Wildman–Crippen MR) is 132 cm³/mol. The number of carbonyl (C=O) groups excluding carboxylic acids is 2. The summed E-state index contributed by atoms with van der Waals surface area (Å²) < 4.78 is 42.8. The van der Waals surface area contributed by atoms with E-state index in [1.54, 1.807) is 38.1 Å². The molecule has 0 saturated carbocycles. The number of rotatable bonds is 13. The van der Waals surface area contributed by atoms with E-state index in [1.807, 2.05) is 12.2 Å². The molecule has 36 heavy (non-hydrogen) atoms. The van der Waals surface area contributed by atoms with Crippen molar-refractivity contribution in [2.75, 3.05) is 25.1 Å². The Morgan fingerprint density at radius 1 is 1.14 bits per heavy atom. The lowest BCUT2D eigenvalue weighted by Crippen LogP contribution is -2.18. The Balaban J connectivity index is 2.03. The number of carbonyl (C=O) groups is 2. The van der Waals surface area contributed by atoms with Gasteiger partial charge in [-0.3, -0.25) is 5.32 Å². The van der Waals surface area contributed by atoms with Gasteiger partial charge in [0.2, 0.25) is 0 Å². The zero-order valence-electron chi connectivity index (χ0n) is 20.3. The number of anilines is 1. The summed E-state index contributed by atoms with van der Waals surface area (Å²) in [6.45, 7) is 3.88. The van der Waals surface area contributed by atoms with Gasteiger partial charge in [0.25, 0.3) is 0 Å². The number of amides is 1. The van der Waals surface area contributed by atoms with Crippen molar-refractivity contribution in [3.05, 3.63) is 83.5 Å². The van der Waals surface area contributed by atoms with E-state index in [9.17, 15) is 18.4 Å². The number of benzene rings is 2. The highest BCUT2D eigenvalue weighted by Gasteiger charge is 2.18. The number of aliphatic hydroxyl groups excluding tert-OH is 1. The van der Waals surface area contributed by atoms with Gasteiger partial charge in [0.05, 0.1) is 18.9 Å². The average Bonchev–Trinajstić information content (AvgIpc) is 2.84. The maximum absolute atomic E-state index is 13.9. The molecule has 0 saturated heterocycles. The van der Waals surface area contributed by atoms with Crippen LogP contribution in [0.15, 0.2) is 66.3 Å². The summed E-state index contributed by atoms with van der Waals surface area (Å²) in [5.74, 6) is -1.52. The number of esters is 1. The number of allylic oxidation sites excluding steroid dienone is 3. The Labute approximate surface area is 209 Å². The quantitative estimate of drug-likeness (QED) is 0.154. The molecule has 2 N–H and O–H groups in total. The van der Waals surface area contributed by atoms with E-state index in [1.165, 1.54) is 6.08 Å². The number of aliphatic hydroxyl groups is 1. The van der Waals surface area contributed by atoms with Crippen LogP contribution in [0.3, 0.4) is 0 Å². The van der Waals surface area contributed by atoms with Gasteiger partial charge in [-0.1, -0.05) is 24.3 Å². The van der Waals surface area contributed by atoms with Crippen molar-refractivity contribution in [2.24, 2.45) is 0 Å². The molecule has 0 radical (unpaired) electrons. The fraction of sp³-hybridized carbons (Fsp3) is 0.333. The normalized spacial score (nSPS) is 12.3. The molecule has 2 aromatic rings. The topological polar surface area (TPSA) is 94.1 Å². The van der Waals surface area contributed by atoms with Gasteiger partial charge in [0.15, 0.2) is 0 Å². The van der Waals surface area contributed by atoms with Gasteiger partial charge < -0.3 is 19.3 Å². The van der Waals surface area contributed by atoms with Crippen LogP contribution < -0.4 is 10.1 Å². The van der Waals surface area contributed by atoms with E-state index in [0.717, 1.165) is 17.7 Å². The summed E-state index contributed by atoms with van der Waals surface area (Å²) in [4.78, 5) is 24.0. The van der Waals surface area contributed by atoms with Gasteiger partial charge >= 0.3 is 12.1 Å². The average molecular weight is 504 g/mol. The lowest BCUT2D eigenvalue weighted by molar-refractivity contribution is -0.137. The second-order valence-electron chi connectivity index (χ2n) is 7.76. The van der Waals surface area contributed by atoms with Crippen molar-refractivity contribution >= 4 is 17.7 Å². The highest BCUT2D eigenvalue weighted by atomic mass is 19.1. The van der Waals surface area contributed by atoms with Crippen molar-refractivity contribution in [1.82, 2.24) is 0 Å². The maximum atomic E-state index is 13.9. The van der Waals surface area contributed by atoms with Gasteiger partial charge in [-0.2, -0.15) is 0 Å². The molecule has 2 rings (SSSR count). The number of hydrogen-bond donors (Lipinski definition) is 2. The molecule has 194 valence electrons. The molecule has 0 bridgehead atoms. The summed E-state index contributed by atoms with van der Waals surface area (Å²) in [7, 11) is 0. The molecule has 9 heteroatoms. The molecular weight excluding hydrogens is 472 g/mol. The first-order chi connectivity index (χ1) is 17.3. The third kappa shape index (κ3) is 10.3. The summed E-state index contributed by atoms with van der Waals surface area (Å²) in [5.41, 5.74) is 1.25. The predicted octanol–water partition coefficient (Wildman–Crippen LogP) is 5.86. The molecule has 0 aromatic heterocycles. The van der Waals surface area contributed by atoms with Crippen molar-refractivity contribution in [2.45, 2.75) is 39.2 Å². The number of nitrogens with one attached hydrogen (secondary N) is 1. The monoisotopic (exact) mass is 503 g/mol. The molecular formula is C27H31F2NO6. The largest absolute Gasteiger partial charge is 0.491 e. The fourth-order valence-corrected chi connectivity index (χ4v) is 3.20. The SMILES string of the molecule is CCOC(=O)/C=C(C)/C=C/CCC[C@H](OC(=O)Nc1ccc(F)cc1F)c1ccc(OCCO)cc1. The van der Waals surface area contributed by atoms with E-state index in [4.69, 9.17) is 19.3 Å². The minimum atomic E-state index is -0.912. The van der Waals surface area contributed by atoms with Crippen LogP contribution in [0, 0.1) is 11.6 Å². The highest BCUT2D eigenvalue weighted by molar-refractivity contribution is 5.85. The van der Waals surface area contributed by atoms with E-state index in [0.29, 0.717) is 43.2 Å². The smallest absolute Gasteiger partial charge is 0.412 e. The molecule has 0 fully saturated rings. The van der Waals surface area contributed by atoms with Crippen molar-refractivity contribution in [1.29, 1.82) is 0 Å². The van der Waals surface area contributed by atoms with Gasteiger partial charge in [0, 0.05) is 12.1 Å². The number of ether oxygens (including phenoxy) is 3. The van der Waals surface area contributed by atoms with Crippen molar-refractivity contribution < 1.29 is 37.7 Å². The Kier molecular flexibility index (Phi) is 12.1. The second kappa shape index (κ2) is 15.3. The van der Waals surface area contributed by atoms with Crippen LogP contribution in [-0.2, 0) is 14.3 Å². The standard InChI is InChI=1S/C27H31F2NO6/c1-3-34-26(32)17-19(2)7-5-4-6-8-25(20-9-12-22(13-10-20)35-16-15-31)36-27(33)30-24-14-11-21(28)18-23(24)29/h5,7,9-14,17-18,25,31H,3-4,6,8,15-16H2,1-2H3,(H,30,33)/b7-5+,19-17+/t25-/m0/s1. The number of hydrogen-bond acceptors (Lipinski definition) is 6. The van der Waals surface area contributed by atoms with E-state index in [2.05, 4.69) is 5.32 Å². The first-order valence-electron chi connectivity index (χ1n) is 11.6. The molecule has 0 unspecified atom stereocenters. The van der Waals surface area contributed by atoms with Crippen LogP contribution in [0.2, 0.25) is 0 Å². The van der Waals surface area contributed by atoms with Crippen LogP contribution >= 0.6 is 0 Å². The molecule has 0 spiro atoms. The summed E-state index contributed by atoms with van der Waals surface area (Å²) in [6, 6.07) is 9.70.